The summed E-state index contributed by atoms with van der Waals surface area (Å²) < 4.78 is 15.7. The summed E-state index contributed by atoms with van der Waals surface area (Å²) in [6.45, 7) is 0. The fourth-order valence-electron chi connectivity index (χ4n) is 3.68. The Labute approximate surface area is 198 Å². The lowest BCUT2D eigenvalue weighted by Crippen LogP contribution is -2.21. The van der Waals surface area contributed by atoms with E-state index in [4.69, 9.17) is 19.9 Å². The molecule has 1 aliphatic rings. The molecule has 3 aromatic carbocycles. The van der Waals surface area contributed by atoms with Crippen molar-refractivity contribution in [3.8, 4) is 17.6 Å². The van der Waals surface area contributed by atoms with Gasteiger partial charge in [-0.05, 0) is 29.8 Å². The standard InChI is InChI=1S/C25H17N3O7/c1-33-24(29)15-7-5-14(6-8-15)22-19-10-9-18(12-21(19)35-23(27)20(22)13-26)34-25(30)16-3-2-4-17(11-16)28(31)32/h2-12,22H,27H2,1H3. The number of rotatable bonds is 5. The molecule has 3 aromatic rings. The molecule has 0 aliphatic carbocycles. The van der Waals surface area contributed by atoms with Gasteiger partial charge in [-0.15, -0.1) is 0 Å². The van der Waals surface area contributed by atoms with Gasteiger partial charge in [-0.3, -0.25) is 10.1 Å². The van der Waals surface area contributed by atoms with Gasteiger partial charge < -0.3 is 19.9 Å². The number of nitro groups is 1. The number of benzene rings is 3. The molecule has 174 valence electrons. The summed E-state index contributed by atoms with van der Waals surface area (Å²) in [5.74, 6) is -1.59. The highest BCUT2D eigenvalue weighted by atomic mass is 16.6. The zero-order valence-corrected chi connectivity index (χ0v) is 18.3. The fourth-order valence-corrected chi connectivity index (χ4v) is 3.68. The van der Waals surface area contributed by atoms with Crippen molar-refractivity contribution in [2.45, 2.75) is 5.92 Å². The molecule has 10 nitrogen and oxygen atoms in total. The fraction of sp³-hybridized carbons (Fsp3) is 0.0800. The third-order valence-electron chi connectivity index (χ3n) is 5.36. The Balaban J connectivity index is 1.66. The third-order valence-corrected chi connectivity index (χ3v) is 5.36. The highest BCUT2D eigenvalue weighted by molar-refractivity contribution is 5.92. The number of carbonyl (C=O) groups is 2. The number of methoxy groups -OCH3 is 1. The number of allylic oxidation sites excluding steroid dienone is 1. The Hall–Kier alpha value is -5.17. The van der Waals surface area contributed by atoms with Crippen molar-refractivity contribution < 1.29 is 28.7 Å². The van der Waals surface area contributed by atoms with Crippen LogP contribution in [0.15, 0.2) is 78.2 Å². The van der Waals surface area contributed by atoms with Crippen LogP contribution < -0.4 is 15.2 Å². The van der Waals surface area contributed by atoms with Crippen LogP contribution in [0.5, 0.6) is 11.5 Å². The Morgan fingerprint density at radius 2 is 1.80 bits per heavy atom. The summed E-state index contributed by atoms with van der Waals surface area (Å²) in [7, 11) is 1.28. The zero-order valence-electron chi connectivity index (χ0n) is 18.3. The summed E-state index contributed by atoms with van der Waals surface area (Å²) in [6.07, 6.45) is 0. The van der Waals surface area contributed by atoms with E-state index in [1.54, 1.807) is 30.3 Å². The molecule has 0 saturated carbocycles. The van der Waals surface area contributed by atoms with Gasteiger partial charge >= 0.3 is 11.9 Å². The highest BCUT2D eigenvalue weighted by Gasteiger charge is 2.31. The van der Waals surface area contributed by atoms with Crippen molar-refractivity contribution in [2.24, 2.45) is 5.73 Å². The summed E-state index contributed by atoms with van der Waals surface area (Å²) in [5, 5.41) is 20.7. The molecule has 1 atom stereocenters. The first-order valence-electron chi connectivity index (χ1n) is 10.2. The minimum absolute atomic E-state index is 0.00703. The van der Waals surface area contributed by atoms with Crippen molar-refractivity contribution in [1.29, 1.82) is 5.26 Å². The van der Waals surface area contributed by atoms with Crippen LogP contribution in [0.25, 0.3) is 0 Å². The van der Waals surface area contributed by atoms with E-state index in [0.717, 1.165) is 6.07 Å². The van der Waals surface area contributed by atoms with E-state index in [-0.39, 0.29) is 34.2 Å². The van der Waals surface area contributed by atoms with Crippen molar-refractivity contribution in [3.63, 3.8) is 0 Å². The summed E-state index contributed by atoms with van der Waals surface area (Å²) in [4.78, 5) is 34.6. The lowest BCUT2D eigenvalue weighted by Gasteiger charge is -2.26. The molecule has 4 rings (SSSR count). The average molecular weight is 471 g/mol. The minimum atomic E-state index is -0.791. The van der Waals surface area contributed by atoms with Gasteiger partial charge in [0.2, 0.25) is 5.88 Å². The minimum Gasteiger partial charge on any atom is -0.465 e. The molecule has 2 N–H and O–H groups in total. The van der Waals surface area contributed by atoms with E-state index in [2.05, 4.69) is 6.07 Å². The molecule has 0 bridgehead atoms. The van der Waals surface area contributed by atoms with Crippen LogP contribution in [0.1, 0.15) is 37.8 Å². The molecular formula is C25H17N3O7. The summed E-state index contributed by atoms with van der Waals surface area (Å²) >= 11 is 0. The van der Waals surface area contributed by atoms with Crippen LogP contribution in [0, 0.1) is 21.4 Å². The lowest BCUT2D eigenvalue weighted by atomic mass is 9.83. The molecule has 10 heteroatoms. The maximum Gasteiger partial charge on any atom is 0.343 e. The first-order chi connectivity index (χ1) is 16.8. The topological polar surface area (TPSA) is 155 Å². The van der Waals surface area contributed by atoms with Gasteiger partial charge in [0, 0.05) is 23.8 Å². The predicted octanol–water partition coefficient (Wildman–Crippen LogP) is 3.82. The van der Waals surface area contributed by atoms with Gasteiger partial charge in [0.25, 0.3) is 5.69 Å². The van der Waals surface area contributed by atoms with E-state index in [0.29, 0.717) is 16.7 Å². The van der Waals surface area contributed by atoms with Crippen LogP contribution in [0.4, 0.5) is 5.69 Å². The van der Waals surface area contributed by atoms with Gasteiger partial charge in [-0.1, -0.05) is 24.3 Å². The van der Waals surface area contributed by atoms with Crippen molar-refractivity contribution in [2.75, 3.05) is 7.11 Å². The monoisotopic (exact) mass is 471 g/mol. The van der Waals surface area contributed by atoms with Gasteiger partial charge in [-0.25, -0.2) is 9.59 Å². The maximum atomic E-state index is 12.5. The number of non-ortho nitro benzene ring substituents is 1. The summed E-state index contributed by atoms with van der Waals surface area (Å²) in [5.41, 5.74) is 7.59. The second-order valence-corrected chi connectivity index (χ2v) is 7.43. The molecule has 0 amide bonds. The van der Waals surface area contributed by atoms with Crippen molar-refractivity contribution in [1.82, 2.24) is 0 Å². The first-order valence-corrected chi connectivity index (χ1v) is 10.2. The molecule has 0 saturated heterocycles. The number of nitrogens with zero attached hydrogens (tertiary/aromatic N) is 2. The van der Waals surface area contributed by atoms with Crippen LogP contribution in [-0.2, 0) is 4.74 Å². The quantitative estimate of drug-likeness (QED) is 0.253. The van der Waals surface area contributed by atoms with Crippen LogP contribution in [0.2, 0.25) is 0 Å². The predicted molar refractivity (Wildman–Crippen MR) is 122 cm³/mol. The van der Waals surface area contributed by atoms with Gasteiger partial charge in [0.15, 0.2) is 0 Å². The molecule has 1 aliphatic heterocycles. The van der Waals surface area contributed by atoms with E-state index >= 15 is 0 Å². The van der Waals surface area contributed by atoms with Crippen LogP contribution in [0.3, 0.4) is 0 Å². The highest BCUT2D eigenvalue weighted by Crippen LogP contribution is 2.43. The Morgan fingerprint density at radius 1 is 1.06 bits per heavy atom. The van der Waals surface area contributed by atoms with Crippen LogP contribution >= 0.6 is 0 Å². The largest absolute Gasteiger partial charge is 0.465 e. The van der Waals surface area contributed by atoms with E-state index in [1.165, 1.54) is 37.4 Å². The maximum absolute atomic E-state index is 12.5. The Kier molecular flexibility index (Phi) is 6.16. The summed E-state index contributed by atoms with van der Waals surface area (Å²) in [6, 6.07) is 18.4. The van der Waals surface area contributed by atoms with E-state index in [1.807, 2.05) is 0 Å². The third kappa shape index (κ3) is 4.51. The molecular weight excluding hydrogens is 454 g/mol. The number of nitrogens with two attached hydrogens (primary N) is 1. The molecule has 0 spiro atoms. The van der Waals surface area contributed by atoms with Gasteiger partial charge in [0.1, 0.15) is 23.1 Å². The molecule has 35 heavy (non-hydrogen) atoms. The average Bonchev–Trinajstić information content (AvgIpc) is 2.87. The number of ether oxygens (including phenoxy) is 3. The SMILES string of the molecule is COC(=O)c1ccc(C2C(C#N)=C(N)Oc3cc(OC(=O)c4cccc([N+](=O)[O-])c4)ccc32)cc1. The molecule has 1 unspecified atom stereocenters. The number of carbonyl (C=O) groups excluding carboxylic acids is 2. The van der Waals surface area contributed by atoms with Crippen molar-refractivity contribution >= 4 is 17.6 Å². The molecule has 0 aromatic heterocycles. The molecule has 0 fully saturated rings. The zero-order chi connectivity index (χ0) is 25.1. The number of nitro benzene ring substituents is 1. The van der Waals surface area contributed by atoms with Gasteiger partial charge in [-0.2, -0.15) is 5.26 Å². The van der Waals surface area contributed by atoms with Crippen LogP contribution in [-0.4, -0.2) is 24.0 Å². The Morgan fingerprint density at radius 3 is 2.46 bits per heavy atom. The number of fused-ring (bicyclic) bond motifs is 1. The first kappa shape index (κ1) is 23.0. The van der Waals surface area contributed by atoms with Gasteiger partial charge in [0.05, 0.1) is 29.1 Å². The smallest absolute Gasteiger partial charge is 0.343 e. The van der Waals surface area contributed by atoms with E-state index in [9.17, 15) is 25.0 Å². The lowest BCUT2D eigenvalue weighted by molar-refractivity contribution is -0.384. The normalized spacial score (nSPS) is 14.2. The number of hydrogen-bond acceptors (Lipinski definition) is 9. The number of hydrogen-bond donors (Lipinski definition) is 1. The van der Waals surface area contributed by atoms with E-state index < -0.39 is 22.8 Å². The molecule has 0 radical (unpaired) electrons. The second kappa shape index (κ2) is 9.36. The molecule has 1 heterocycles. The number of esters is 2. The Bertz CT molecular complexity index is 1420. The van der Waals surface area contributed by atoms with Crippen molar-refractivity contribution in [3.05, 3.63) is 111 Å². The second-order valence-electron chi connectivity index (χ2n) is 7.43. The number of nitriles is 1.